The maximum atomic E-state index is 13.5. The van der Waals surface area contributed by atoms with Crippen LogP contribution in [-0.4, -0.2) is 26.4 Å². The summed E-state index contributed by atoms with van der Waals surface area (Å²) in [5.74, 6) is -7.43. The number of phenolic OH excluding ortho intramolecular Hbond substituents is 1. The smallest absolute Gasteiger partial charge is 0.353 e. The molecule has 0 aliphatic heterocycles. The van der Waals surface area contributed by atoms with Crippen molar-refractivity contribution in [1.82, 2.24) is 10.2 Å². The van der Waals surface area contributed by atoms with Crippen LogP contribution in [0, 0.1) is 17.5 Å². The van der Waals surface area contributed by atoms with Crippen molar-refractivity contribution in [2.45, 2.75) is 0 Å². The van der Waals surface area contributed by atoms with E-state index in [-0.39, 0.29) is 11.4 Å². The van der Waals surface area contributed by atoms with Crippen LogP contribution >= 0.6 is 0 Å². The second kappa shape index (κ2) is 4.06. The fourth-order valence-electron chi connectivity index (χ4n) is 1.35. The fourth-order valence-corrected chi connectivity index (χ4v) is 1.35. The number of rotatable bonds is 2. The van der Waals surface area contributed by atoms with Crippen molar-refractivity contribution < 1.29 is 28.2 Å². The van der Waals surface area contributed by atoms with Gasteiger partial charge in [0.2, 0.25) is 5.82 Å². The average Bonchev–Trinajstić information content (AvgIpc) is 2.80. The molecule has 1 heterocycles. The number of aromatic hydroxyl groups is 1. The first-order valence-electron chi connectivity index (χ1n) is 4.57. The molecule has 0 amide bonds. The number of carboxylic acid groups (broad SMARTS) is 1. The van der Waals surface area contributed by atoms with E-state index in [1.165, 1.54) is 0 Å². The van der Waals surface area contributed by atoms with Crippen molar-refractivity contribution in [1.29, 1.82) is 0 Å². The lowest BCUT2D eigenvalue weighted by atomic mass is 10.1. The number of carbonyl (C=O) groups is 1. The van der Waals surface area contributed by atoms with Gasteiger partial charge in [0, 0.05) is 5.56 Å². The first-order valence-corrected chi connectivity index (χ1v) is 4.57. The van der Waals surface area contributed by atoms with E-state index in [0.717, 1.165) is 6.07 Å². The Bertz CT molecular complexity index is 640. The van der Waals surface area contributed by atoms with E-state index in [9.17, 15) is 18.0 Å². The minimum atomic E-state index is -1.72. The van der Waals surface area contributed by atoms with Gasteiger partial charge in [-0.2, -0.15) is 9.49 Å². The molecule has 0 saturated carbocycles. The normalized spacial score (nSPS) is 10.6. The summed E-state index contributed by atoms with van der Waals surface area (Å²) in [4.78, 5) is 10.6. The lowest BCUT2D eigenvalue weighted by Crippen LogP contribution is -1.95. The maximum absolute atomic E-state index is 13.5. The van der Waals surface area contributed by atoms with Gasteiger partial charge in [0.25, 0.3) is 0 Å². The second-order valence-electron chi connectivity index (χ2n) is 3.35. The van der Waals surface area contributed by atoms with Crippen LogP contribution < -0.4 is 0 Å². The molecule has 0 spiro atoms. The Kier molecular flexibility index (Phi) is 2.70. The number of aromatic amines is 1. The van der Waals surface area contributed by atoms with E-state index in [4.69, 9.17) is 10.2 Å². The number of phenols is 1. The zero-order valence-corrected chi connectivity index (χ0v) is 8.54. The number of nitrogens with zero attached hydrogens (tertiary/aromatic N) is 1. The topological polar surface area (TPSA) is 86.2 Å². The van der Waals surface area contributed by atoms with Crippen LogP contribution in [0.4, 0.5) is 13.2 Å². The van der Waals surface area contributed by atoms with Crippen LogP contribution in [0.2, 0.25) is 0 Å². The maximum Gasteiger partial charge on any atom is 0.353 e. The third-order valence-electron chi connectivity index (χ3n) is 2.22. The lowest BCUT2D eigenvalue weighted by molar-refractivity contribution is 0.0690. The molecule has 2 rings (SSSR count). The molecular formula is C10H5F3N2O3. The third-order valence-corrected chi connectivity index (χ3v) is 2.22. The molecule has 0 saturated heterocycles. The summed E-state index contributed by atoms with van der Waals surface area (Å²) >= 11 is 0. The van der Waals surface area contributed by atoms with Gasteiger partial charge in [-0.05, 0) is 12.1 Å². The van der Waals surface area contributed by atoms with Crippen LogP contribution in [0.15, 0.2) is 12.1 Å². The van der Waals surface area contributed by atoms with Crippen molar-refractivity contribution in [3.63, 3.8) is 0 Å². The standard InChI is InChI=1S/C10H5F3N2O3/c11-4-1-3(7(12)9(16)8(4)13)5-2-6(10(17)18)15-14-5/h1-2,16H,(H,14,15)(H,17,18). The molecule has 94 valence electrons. The highest BCUT2D eigenvalue weighted by molar-refractivity contribution is 5.86. The number of hydrogen-bond acceptors (Lipinski definition) is 3. The number of nitrogens with one attached hydrogen (secondary N) is 1. The summed E-state index contributed by atoms with van der Waals surface area (Å²) in [7, 11) is 0. The van der Waals surface area contributed by atoms with E-state index in [2.05, 4.69) is 10.2 Å². The van der Waals surface area contributed by atoms with E-state index >= 15 is 0 Å². The zero-order valence-electron chi connectivity index (χ0n) is 8.54. The van der Waals surface area contributed by atoms with Gasteiger partial charge >= 0.3 is 5.97 Å². The summed E-state index contributed by atoms with van der Waals surface area (Å²) in [6.07, 6.45) is 0. The Labute approximate surface area is 97.5 Å². The molecule has 0 atom stereocenters. The van der Waals surface area contributed by atoms with E-state index in [1.807, 2.05) is 0 Å². The van der Waals surface area contributed by atoms with Gasteiger partial charge in [-0.1, -0.05) is 0 Å². The highest BCUT2D eigenvalue weighted by atomic mass is 19.2. The first-order chi connectivity index (χ1) is 8.41. The van der Waals surface area contributed by atoms with E-state index < -0.39 is 34.7 Å². The van der Waals surface area contributed by atoms with Crippen molar-refractivity contribution in [3.05, 3.63) is 35.3 Å². The number of hydrogen-bond donors (Lipinski definition) is 3. The molecule has 8 heteroatoms. The molecule has 0 radical (unpaired) electrons. The predicted octanol–water partition coefficient (Wildman–Crippen LogP) is 1.90. The number of aromatic nitrogens is 2. The molecule has 0 aliphatic rings. The van der Waals surface area contributed by atoms with Gasteiger partial charge < -0.3 is 10.2 Å². The number of benzene rings is 1. The van der Waals surface area contributed by atoms with E-state index in [1.54, 1.807) is 0 Å². The summed E-state index contributed by atoms with van der Waals surface area (Å²) in [5, 5.41) is 23.1. The summed E-state index contributed by atoms with van der Waals surface area (Å²) < 4.78 is 39.3. The number of H-pyrrole nitrogens is 1. The molecular weight excluding hydrogens is 253 g/mol. The summed E-state index contributed by atoms with van der Waals surface area (Å²) in [5.41, 5.74) is -1.16. The number of aromatic carboxylic acids is 1. The Morgan fingerprint density at radius 1 is 1.22 bits per heavy atom. The third kappa shape index (κ3) is 1.77. The molecule has 0 unspecified atom stereocenters. The van der Waals surface area contributed by atoms with Crippen molar-refractivity contribution in [3.8, 4) is 17.0 Å². The largest absolute Gasteiger partial charge is 0.503 e. The molecule has 1 aromatic carbocycles. The van der Waals surface area contributed by atoms with Gasteiger partial charge in [0.1, 0.15) is 5.69 Å². The highest BCUT2D eigenvalue weighted by Gasteiger charge is 2.21. The van der Waals surface area contributed by atoms with Crippen molar-refractivity contribution in [2.24, 2.45) is 0 Å². The summed E-state index contributed by atoms with van der Waals surface area (Å²) in [6, 6.07) is 1.41. The molecule has 1 aromatic heterocycles. The minimum absolute atomic E-state index is 0.265. The van der Waals surface area contributed by atoms with Gasteiger partial charge in [-0.3, -0.25) is 5.10 Å². The Balaban J connectivity index is 2.60. The first kappa shape index (κ1) is 12.0. The average molecular weight is 258 g/mol. The van der Waals surface area contributed by atoms with E-state index in [0.29, 0.717) is 6.07 Å². The van der Waals surface area contributed by atoms with Crippen LogP contribution in [0.25, 0.3) is 11.3 Å². The van der Waals surface area contributed by atoms with Gasteiger partial charge in [-0.25, -0.2) is 13.6 Å². The van der Waals surface area contributed by atoms with Crippen LogP contribution in [0.5, 0.6) is 5.75 Å². The quantitative estimate of drug-likeness (QED) is 0.718. The Hall–Kier alpha value is -2.51. The second-order valence-corrected chi connectivity index (χ2v) is 3.35. The zero-order chi connectivity index (χ0) is 13.4. The molecule has 2 aromatic rings. The Morgan fingerprint density at radius 3 is 2.44 bits per heavy atom. The molecule has 0 bridgehead atoms. The lowest BCUT2D eigenvalue weighted by Gasteiger charge is -2.03. The fraction of sp³-hybridized carbons (Fsp3) is 0. The predicted molar refractivity (Wildman–Crippen MR) is 52.5 cm³/mol. The number of carboxylic acids is 1. The molecule has 5 nitrogen and oxygen atoms in total. The molecule has 0 aliphatic carbocycles. The van der Waals surface area contributed by atoms with Gasteiger partial charge in [0.15, 0.2) is 17.4 Å². The van der Waals surface area contributed by atoms with Gasteiger partial charge in [-0.15, -0.1) is 0 Å². The minimum Gasteiger partial charge on any atom is -0.503 e. The van der Waals surface area contributed by atoms with Gasteiger partial charge in [0.05, 0.1) is 5.69 Å². The van der Waals surface area contributed by atoms with Crippen LogP contribution in [0.3, 0.4) is 0 Å². The van der Waals surface area contributed by atoms with Crippen molar-refractivity contribution >= 4 is 5.97 Å². The number of halogens is 3. The summed E-state index contributed by atoms with van der Waals surface area (Å²) in [6.45, 7) is 0. The molecule has 3 N–H and O–H groups in total. The van der Waals surface area contributed by atoms with Crippen LogP contribution in [-0.2, 0) is 0 Å². The molecule has 18 heavy (non-hydrogen) atoms. The monoisotopic (exact) mass is 258 g/mol. The SMILES string of the molecule is O=C(O)c1cc(-c2cc(F)c(F)c(O)c2F)n[nH]1. The van der Waals surface area contributed by atoms with Crippen molar-refractivity contribution in [2.75, 3.05) is 0 Å². The molecule has 0 fully saturated rings. The van der Waals surface area contributed by atoms with Crippen LogP contribution in [0.1, 0.15) is 10.5 Å². The highest BCUT2D eigenvalue weighted by Crippen LogP contribution is 2.31. The Morgan fingerprint density at radius 2 is 1.89 bits per heavy atom.